The van der Waals surface area contributed by atoms with E-state index in [0.29, 0.717) is 0 Å². The van der Waals surface area contributed by atoms with Crippen molar-refractivity contribution in [3.63, 3.8) is 0 Å². The van der Waals surface area contributed by atoms with Crippen LogP contribution in [0.2, 0.25) is 0 Å². The topological polar surface area (TPSA) is 16.4 Å². The summed E-state index contributed by atoms with van der Waals surface area (Å²) >= 11 is 1.86. The number of fused-ring (bicyclic) bond motifs is 8. The fraction of sp³-hybridized carbons (Fsp3) is 0. The molecule has 0 fully saturated rings. The van der Waals surface area contributed by atoms with Gasteiger partial charge in [-0.2, -0.15) is 0 Å². The first-order valence-corrected chi connectivity index (χ1v) is 17.4. The average molecular weight is 644 g/mol. The van der Waals surface area contributed by atoms with Gasteiger partial charge in [-0.3, -0.25) is 0 Å². The van der Waals surface area contributed by atoms with Gasteiger partial charge < -0.3 is 9.32 Å². The molecule has 2 aromatic heterocycles. The van der Waals surface area contributed by atoms with Crippen molar-refractivity contribution in [2.45, 2.75) is 0 Å². The summed E-state index contributed by atoms with van der Waals surface area (Å²) in [6.07, 6.45) is 0. The largest absolute Gasteiger partial charge is 0.456 e. The molecular formula is C46H29NOS. The molecule has 10 rings (SSSR count). The van der Waals surface area contributed by atoms with Crippen LogP contribution in [0.4, 0.5) is 17.1 Å². The van der Waals surface area contributed by atoms with Crippen LogP contribution in [0, 0.1) is 0 Å². The van der Waals surface area contributed by atoms with Gasteiger partial charge in [0.25, 0.3) is 0 Å². The highest BCUT2D eigenvalue weighted by Gasteiger charge is 2.24. The highest BCUT2D eigenvalue weighted by molar-refractivity contribution is 7.26. The fourth-order valence-electron chi connectivity index (χ4n) is 7.37. The molecule has 0 saturated heterocycles. The smallest absolute Gasteiger partial charge is 0.138 e. The minimum Gasteiger partial charge on any atom is -0.456 e. The molecule has 10 aromatic rings. The quantitative estimate of drug-likeness (QED) is 0.186. The van der Waals surface area contributed by atoms with Gasteiger partial charge >= 0.3 is 0 Å². The lowest BCUT2D eigenvalue weighted by Gasteiger charge is -2.28. The third-order valence-corrected chi connectivity index (χ3v) is 10.9. The molecule has 0 radical (unpaired) electrons. The van der Waals surface area contributed by atoms with E-state index in [0.717, 1.165) is 50.1 Å². The van der Waals surface area contributed by atoms with Crippen LogP contribution >= 0.6 is 11.3 Å². The number of thiophene rings is 1. The molecule has 0 atom stereocenters. The van der Waals surface area contributed by atoms with E-state index in [9.17, 15) is 0 Å². The van der Waals surface area contributed by atoms with Crippen molar-refractivity contribution in [1.29, 1.82) is 0 Å². The number of nitrogens with zero attached hydrogens (tertiary/aromatic N) is 1. The molecule has 8 aromatic carbocycles. The number of hydrogen-bond donors (Lipinski definition) is 0. The Balaban J connectivity index is 1.33. The van der Waals surface area contributed by atoms with E-state index < -0.39 is 0 Å². The summed E-state index contributed by atoms with van der Waals surface area (Å²) < 4.78 is 9.31. The lowest BCUT2D eigenvalue weighted by atomic mass is 9.98. The summed E-state index contributed by atoms with van der Waals surface area (Å²) in [6.45, 7) is 0. The molecular weight excluding hydrogens is 615 g/mol. The minimum atomic E-state index is 0.872. The van der Waals surface area contributed by atoms with Crippen molar-refractivity contribution < 1.29 is 4.42 Å². The Bertz CT molecular complexity index is 2810. The fourth-order valence-corrected chi connectivity index (χ4v) is 8.58. The van der Waals surface area contributed by atoms with Gasteiger partial charge in [-0.15, -0.1) is 11.3 Å². The van der Waals surface area contributed by atoms with Gasteiger partial charge in [0.05, 0.1) is 21.5 Å². The Hall–Kier alpha value is -6.16. The molecule has 0 spiro atoms. The van der Waals surface area contributed by atoms with Crippen LogP contribution in [0.1, 0.15) is 0 Å². The van der Waals surface area contributed by atoms with Crippen molar-refractivity contribution in [3.05, 3.63) is 176 Å². The molecule has 0 aliphatic heterocycles. The zero-order valence-electron chi connectivity index (χ0n) is 26.5. The lowest BCUT2D eigenvalue weighted by Crippen LogP contribution is -2.11. The maximum absolute atomic E-state index is 6.77. The highest BCUT2D eigenvalue weighted by atomic mass is 32.1. The lowest BCUT2D eigenvalue weighted by molar-refractivity contribution is 0.669. The van der Waals surface area contributed by atoms with Crippen molar-refractivity contribution in [2.24, 2.45) is 0 Å². The second-order valence-corrected chi connectivity index (χ2v) is 13.5. The zero-order chi connectivity index (χ0) is 32.3. The van der Waals surface area contributed by atoms with E-state index in [2.05, 4.69) is 181 Å². The normalized spacial score (nSPS) is 11.7. The molecule has 2 nitrogen and oxygen atoms in total. The van der Waals surface area contributed by atoms with Crippen molar-refractivity contribution >= 4 is 81.3 Å². The second kappa shape index (κ2) is 11.2. The van der Waals surface area contributed by atoms with Crippen molar-refractivity contribution in [2.75, 3.05) is 4.90 Å². The third kappa shape index (κ3) is 4.55. The molecule has 230 valence electrons. The van der Waals surface area contributed by atoms with Crippen LogP contribution in [-0.4, -0.2) is 0 Å². The third-order valence-electron chi connectivity index (χ3n) is 9.65. The predicted molar refractivity (Wildman–Crippen MR) is 210 cm³/mol. The first-order valence-electron chi connectivity index (χ1n) is 16.6. The summed E-state index contributed by atoms with van der Waals surface area (Å²) in [4.78, 5) is 2.46. The van der Waals surface area contributed by atoms with Crippen LogP contribution in [0.3, 0.4) is 0 Å². The predicted octanol–water partition coefficient (Wildman–Crippen LogP) is 13.9. The summed E-state index contributed by atoms with van der Waals surface area (Å²) in [5.41, 5.74) is 9.73. The van der Waals surface area contributed by atoms with Gasteiger partial charge in [-0.25, -0.2) is 0 Å². The van der Waals surface area contributed by atoms with Crippen LogP contribution in [0.25, 0.3) is 75.1 Å². The van der Waals surface area contributed by atoms with Crippen molar-refractivity contribution in [1.82, 2.24) is 0 Å². The molecule has 0 bridgehead atoms. The van der Waals surface area contributed by atoms with Gasteiger partial charge in [0.1, 0.15) is 11.2 Å². The van der Waals surface area contributed by atoms with Crippen LogP contribution in [0.15, 0.2) is 180 Å². The molecule has 0 amide bonds. The Kier molecular flexibility index (Phi) is 6.39. The van der Waals surface area contributed by atoms with Gasteiger partial charge in [-0.1, -0.05) is 133 Å². The standard InChI is InChI=1S/C46H29NOS/c1-3-12-30(13-4-1)32-22-25-35(26-23-32)47(39-20-11-19-38-37-18-9-10-21-43(37)49-46(38)39)40-28-34(31-14-5-2-6-15-31)29-42-45(40)44-36-17-8-7-16-33(36)24-27-41(44)48-42/h1-29H. The van der Waals surface area contributed by atoms with E-state index in [4.69, 9.17) is 4.42 Å². The minimum absolute atomic E-state index is 0.872. The Morgan fingerprint density at radius 1 is 0.408 bits per heavy atom. The van der Waals surface area contributed by atoms with Crippen LogP contribution in [-0.2, 0) is 0 Å². The Morgan fingerprint density at radius 3 is 1.86 bits per heavy atom. The maximum atomic E-state index is 6.77. The molecule has 2 heterocycles. The summed E-state index contributed by atoms with van der Waals surface area (Å²) in [5, 5.41) is 7.18. The maximum Gasteiger partial charge on any atom is 0.138 e. The number of furan rings is 1. The zero-order valence-corrected chi connectivity index (χ0v) is 27.3. The van der Waals surface area contributed by atoms with Gasteiger partial charge in [0.15, 0.2) is 0 Å². The number of anilines is 3. The summed E-state index contributed by atoms with van der Waals surface area (Å²) in [5.74, 6) is 0. The number of benzene rings is 8. The molecule has 0 N–H and O–H groups in total. The molecule has 0 saturated carbocycles. The summed E-state index contributed by atoms with van der Waals surface area (Å²) in [6, 6.07) is 63.1. The van der Waals surface area contributed by atoms with Gasteiger partial charge in [-0.05, 0) is 75.5 Å². The van der Waals surface area contributed by atoms with E-state index in [1.807, 2.05) is 11.3 Å². The van der Waals surface area contributed by atoms with E-state index in [1.54, 1.807) is 0 Å². The summed E-state index contributed by atoms with van der Waals surface area (Å²) in [7, 11) is 0. The van der Waals surface area contributed by atoms with E-state index >= 15 is 0 Å². The Labute approximate surface area is 287 Å². The number of rotatable bonds is 5. The first-order chi connectivity index (χ1) is 24.3. The van der Waals surface area contributed by atoms with Crippen molar-refractivity contribution in [3.8, 4) is 22.3 Å². The van der Waals surface area contributed by atoms with Crippen LogP contribution in [0.5, 0.6) is 0 Å². The number of hydrogen-bond acceptors (Lipinski definition) is 3. The van der Waals surface area contributed by atoms with Crippen LogP contribution < -0.4 is 4.90 Å². The average Bonchev–Trinajstić information content (AvgIpc) is 3.75. The van der Waals surface area contributed by atoms with E-state index in [-0.39, 0.29) is 0 Å². The molecule has 0 aliphatic rings. The second-order valence-electron chi connectivity index (χ2n) is 12.5. The monoisotopic (exact) mass is 643 g/mol. The van der Waals surface area contributed by atoms with Gasteiger partial charge in [0.2, 0.25) is 0 Å². The molecule has 0 unspecified atom stereocenters. The molecule has 49 heavy (non-hydrogen) atoms. The SMILES string of the molecule is c1ccc(-c2ccc(N(c3cccc4c3sc3ccccc34)c3cc(-c4ccccc4)cc4oc5ccc6ccccc6c5c34)cc2)cc1. The first kappa shape index (κ1) is 27.9. The van der Waals surface area contributed by atoms with Gasteiger partial charge in [0, 0.05) is 26.5 Å². The molecule has 3 heteroatoms. The Morgan fingerprint density at radius 2 is 1.06 bits per heavy atom. The van der Waals surface area contributed by atoms with E-state index in [1.165, 1.54) is 42.1 Å². The highest BCUT2D eigenvalue weighted by Crippen LogP contribution is 2.50. The molecule has 0 aliphatic carbocycles.